The quantitative estimate of drug-likeness (QED) is 0.934. The number of hydrogen-bond acceptors (Lipinski definition) is 4. The number of ether oxygens (including phenoxy) is 1. The first-order valence-corrected chi connectivity index (χ1v) is 9.05. The highest BCUT2D eigenvalue weighted by Crippen LogP contribution is 2.34. The van der Waals surface area contributed by atoms with E-state index in [2.05, 4.69) is 9.71 Å². The van der Waals surface area contributed by atoms with Crippen LogP contribution in [0, 0.1) is 0 Å². The van der Waals surface area contributed by atoms with Gasteiger partial charge in [0.15, 0.2) is 0 Å². The molecule has 0 atom stereocenters. The number of hydrogen-bond donors (Lipinski definition) is 1. The molecule has 2 aromatic rings. The molecular formula is C17H20N2O3S. The van der Waals surface area contributed by atoms with E-state index in [-0.39, 0.29) is 17.0 Å². The second kappa shape index (κ2) is 5.94. The molecule has 2 heterocycles. The monoisotopic (exact) mass is 332 g/mol. The molecule has 23 heavy (non-hydrogen) atoms. The van der Waals surface area contributed by atoms with Crippen molar-refractivity contribution >= 4 is 10.0 Å². The summed E-state index contributed by atoms with van der Waals surface area (Å²) in [7, 11) is -3.55. The molecule has 0 bridgehead atoms. The maximum Gasteiger partial charge on any atom is 0.240 e. The summed E-state index contributed by atoms with van der Waals surface area (Å²) in [5, 5.41) is 0. The Morgan fingerprint density at radius 1 is 1.22 bits per heavy atom. The maximum atomic E-state index is 12.5. The number of pyridine rings is 1. The van der Waals surface area contributed by atoms with Gasteiger partial charge in [0.25, 0.3) is 0 Å². The van der Waals surface area contributed by atoms with Crippen molar-refractivity contribution < 1.29 is 13.2 Å². The molecule has 1 aromatic carbocycles. The van der Waals surface area contributed by atoms with Crippen molar-refractivity contribution in [1.29, 1.82) is 0 Å². The van der Waals surface area contributed by atoms with Gasteiger partial charge in [0.1, 0.15) is 11.4 Å². The Hall–Kier alpha value is -1.92. The fourth-order valence-electron chi connectivity index (χ4n) is 2.56. The standard InChI is InChI=1S/C17H20N2O3S/c1-17(2)8-5-14-11-15(3-4-16(14)22-17)23(20,21)19-12-13-6-9-18-10-7-13/h3-4,6-7,9-11,19H,5,8,12H2,1-2H3. The highest BCUT2D eigenvalue weighted by Gasteiger charge is 2.27. The summed E-state index contributed by atoms with van der Waals surface area (Å²) in [6.07, 6.45) is 4.97. The molecule has 1 aliphatic heterocycles. The summed E-state index contributed by atoms with van der Waals surface area (Å²) in [6.45, 7) is 4.32. The van der Waals surface area contributed by atoms with E-state index in [4.69, 9.17) is 4.74 Å². The highest BCUT2D eigenvalue weighted by atomic mass is 32.2. The number of rotatable bonds is 4. The van der Waals surface area contributed by atoms with Gasteiger partial charge in [0, 0.05) is 18.9 Å². The van der Waals surface area contributed by atoms with E-state index in [1.807, 2.05) is 13.8 Å². The Morgan fingerprint density at radius 3 is 2.70 bits per heavy atom. The SMILES string of the molecule is CC1(C)CCc2cc(S(=O)(=O)NCc3ccncc3)ccc2O1. The second-order valence-corrected chi connectivity index (χ2v) is 8.08. The summed E-state index contributed by atoms with van der Waals surface area (Å²) in [5.74, 6) is 0.773. The van der Waals surface area contributed by atoms with Crippen LogP contribution in [0.1, 0.15) is 31.4 Å². The molecule has 0 aliphatic carbocycles. The number of aryl methyl sites for hydroxylation is 1. The average molecular weight is 332 g/mol. The van der Waals surface area contributed by atoms with Gasteiger partial charge in [-0.15, -0.1) is 0 Å². The predicted octanol–water partition coefficient (Wildman–Crippen LogP) is 2.66. The van der Waals surface area contributed by atoms with E-state index in [1.54, 1.807) is 42.7 Å². The molecule has 6 heteroatoms. The summed E-state index contributed by atoms with van der Waals surface area (Å²) >= 11 is 0. The molecule has 0 spiro atoms. The van der Waals surface area contributed by atoms with Crippen molar-refractivity contribution in [3.63, 3.8) is 0 Å². The van der Waals surface area contributed by atoms with Crippen LogP contribution in [0.25, 0.3) is 0 Å². The number of nitrogens with one attached hydrogen (secondary N) is 1. The second-order valence-electron chi connectivity index (χ2n) is 6.31. The number of nitrogens with zero attached hydrogens (tertiary/aromatic N) is 1. The number of fused-ring (bicyclic) bond motifs is 1. The minimum Gasteiger partial charge on any atom is -0.488 e. The minimum atomic E-state index is -3.55. The first-order chi connectivity index (χ1) is 10.9. The third-order valence-electron chi connectivity index (χ3n) is 3.94. The number of benzene rings is 1. The molecule has 3 rings (SSSR count). The van der Waals surface area contributed by atoms with E-state index in [0.717, 1.165) is 29.7 Å². The van der Waals surface area contributed by atoms with Crippen molar-refractivity contribution in [2.45, 2.75) is 43.7 Å². The molecule has 0 amide bonds. The lowest BCUT2D eigenvalue weighted by atomic mass is 9.94. The lowest BCUT2D eigenvalue weighted by Crippen LogP contribution is -2.32. The largest absolute Gasteiger partial charge is 0.488 e. The normalized spacial score (nSPS) is 16.4. The zero-order chi connectivity index (χ0) is 16.5. The zero-order valence-corrected chi connectivity index (χ0v) is 14.1. The van der Waals surface area contributed by atoms with E-state index in [9.17, 15) is 8.42 Å². The first-order valence-electron chi connectivity index (χ1n) is 7.56. The third kappa shape index (κ3) is 3.71. The van der Waals surface area contributed by atoms with E-state index < -0.39 is 10.0 Å². The van der Waals surface area contributed by atoms with Crippen LogP contribution in [-0.4, -0.2) is 19.0 Å². The van der Waals surface area contributed by atoms with Crippen molar-refractivity contribution in [3.05, 3.63) is 53.9 Å². The Morgan fingerprint density at radius 2 is 1.96 bits per heavy atom. The lowest BCUT2D eigenvalue weighted by molar-refractivity contribution is 0.0845. The van der Waals surface area contributed by atoms with Crippen LogP contribution in [-0.2, 0) is 23.0 Å². The van der Waals surface area contributed by atoms with Gasteiger partial charge in [-0.05, 0) is 68.1 Å². The van der Waals surface area contributed by atoms with Gasteiger partial charge in [-0.1, -0.05) is 0 Å². The maximum absolute atomic E-state index is 12.5. The van der Waals surface area contributed by atoms with Crippen LogP contribution in [0.4, 0.5) is 0 Å². The number of sulfonamides is 1. The summed E-state index contributed by atoms with van der Waals surface area (Å²) < 4.78 is 33.4. The van der Waals surface area contributed by atoms with Crippen LogP contribution >= 0.6 is 0 Å². The molecule has 0 unspecified atom stereocenters. The first kappa shape index (κ1) is 16.0. The lowest BCUT2D eigenvalue weighted by Gasteiger charge is -2.32. The molecule has 5 nitrogen and oxygen atoms in total. The van der Waals surface area contributed by atoms with Gasteiger partial charge in [0.05, 0.1) is 4.90 Å². The summed E-state index contributed by atoms with van der Waals surface area (Å²) in [4.78, 5) is 4.19. The molecule has 0 radical (unpaired) electrons. The Labute approximate surface area is 136 Å². The van der Waals surface area contributed by atoms with Crippen LogP contribution in [0.2, 0.25) is 0 Å². The smallest absolute Gasteiger partial charge is 0.240 e. The van der Waals surface area contributed by atoms with Crippen LogP contribution < -0.4 is 9.46 Å². The fraction of sp³-hybridized carbons (Fsp3) is 0.353. The topological polar surface area (TPSA) is 68.3 Å². The van der Waals surface area contributed by atoms with Gasteiger partial charge >= 0.3 is 0 Å². The molecule has 0 fully saturated rings. The van der Waals surface area contributed by atoms with Gasteiger partial charge in [-0.2, -0.15) is 0 Å². The Kier molecular flexibility index (Phi) is 4.12. The van der Waals surface area contributed by atoms with E-state index in [1.165, 1.54) is 0 Å². The fourth-order valence-corrected chi connectivity index (χ4v) is 3.63. The average Bonchev–Trinajstić information content (AvgIpc) is 2.53. The van der Waals surface area contributed by atoms with Crippen LogP contribution in [0.5, 0.6) is 5.75 Å². The molecule has 1 aromatic heterocycles. The molecule has 0 saturated heterocycles. The Balaban J connectivity index is 1.78. The van der Waals surface area contributed by atoms with E-state index >= 15 is 0 Å². The van der Waals surface area contributed by atoms with Gasteiger partial charge in [0.2, 0.25) is 10.0 Å². The highest BCUT2D eigenvalue weighted by molar-refractivity contribution is 7.89. The van der Waals surface area contributed by atoms with Crippen molar-refractivity contribution in [2.75, 3.05) is 0 Å². The zero-order valence-electron chi connectivity index (χ0n) is 13.2. The molecular weight excluding hydrogens is 312 g/mol. The van der Waals surface area contributed by atoms with E-state index in [0.29, 0.717) is 0 Å². The Bertz CT molecular complexity index is 802. The molecule has 0 saturated carbocycles. The molecule has 1 aliphatic rings. The van der Waals surface area contributed by atoms with Crippen LogP contribution in [0.3, 0.4) is 0 Å². The number of aromatic nitrogens is 1. The van der Waals surface area contributed by atoms with Gasteiger partial charge < -0.3 is 4.74 Å². The van der Waals surface area contributed by atoms with Crippen LogP contribution in [0.15, 0.2) is 47.6 Å². The summed E-state index contributed by atoms with van der Waals surface area (Å²) in [6, 6.07) is 8.61. The van der Waals surface area contributed by atoms with Crippen molar-refractivity contribution in [2.24, 2.45) is 0 Å². The third-order valence-corrected chi connectivity index (χ3v) is 5.34. The van der Waals surface area contributed by atoms with Crippen molar-refractivity contribution in [3.8, 4) is 5.75 Å². The van der Waals surface area contributed by atoms with Gasteiger partial charge in [-0.25, -0.2) is 13.1 Å². The molecule has 122 valence electrons. The molecule has 1 N–H and O–H groups in total. The minimum absolute atomic E-state index is 0.201. The van der Waals surface area contributed by atoms with Gasteiger partial charge in [-0.3, -0.25) is 4.98 Å². The summed E-state index contributed by atoms with van der Waals surface area (Å²) in [5.41, 5.74) is 1.61. The van der Waals surface area contributed by atoms with Crippen molar-refractivity contribution in [1.82, 2.24) is 9.71 Å². The predicted molar refractivity (Wildman–Crippen MR) is 87.7 cm³/mol.